The minimum Gasteiger partial charge on any atom is -0.479 e. The number of carbonyl (C=O) groups is 2. The number of aliphatic hydroxyl groups is 1. The predicted molar refractivity (Wildman–Crippen MR) is 141 cm³/mol. The molecule has 12 heteroatoms. The minimum absolute atomic E-state index is 0.0134. The van der Waals surface area contributed by atoms with Gasteiger partial charge in [-0.05, 0) is 32.3 Å². The monoisotopic (exact) mass is 544 g/mol. The second-order valence-electron chi connectivity index (χ2n) is 9.95. The average Bonchev–Trinajstić information content (AvgIpc) is 3.72. The summed E-state index contributed by atoms with van der Waals surface area (Å²) < 4.78 is 32.2. The molecule has 1 unspecified atom stereocenters. The molecule has 2 aromatic carbocycles. The molecule has 1 aromatic heterocycles. The van der Waals surface area contributed by atoms with Crippen molar-refractivity contribution in [2.45, 2.75) is 50.9 Å². The first-order valence-electron chi connectivity index (χ1n) is 12.5. The third-order valence-corrected chi connectivity index (χ3v) is 6.76. The van der Waals surface area contributed by atoms with Crippen molar-refractivity contribution in [3.05, 3.63) is 69.5 Å². The number of nitrogen functional groups attached to an aromatic ring is 1. The van der Waals surface area contributed by atoms with Crippen molar-refractivity contribution in [1.29, 1.82) is 0 Å². The summed E-state index contributed by atoms with van der Waals surface area (Å²) in [6.07, 6.45) is 1.20. The van der Waals surface area contributed by atoms with Crippen molar-refractivity contribution in [2.24, 2.45) is 0 Å². The van der Waals surface area contributed by atoms with Gasteiger partial charge in [0.25, 0.3) is 0 Å². The number of aromatic carboxylic acids is 1. The average molecular weight is 545 g/mol. The molecule has 2 fully saturated rings. The van der Waals surface area contributed by atoms with E-state index in [1.54, 1.807) is 35.2 Å². The third-order valence-electron chi connectivity index (χ3n) is 6.76. The fraction of sp³-hybridized carbons (Fsp3) is 0.370. The highest BCUT2D eigenvalue weighted by molar-refractivity contribution is 5.99. The standard InChI is InChI=1S/C19H22F2N4O3.C8H8O3/c1-8-5-24(6-9(2)23-8)17-13(20)15(22)12-16(14(17)21)25(10-3-4-10)7-11(18(12)26)19(27)28;9-7(8(10)11)6-4-2-1-3-5-6/h7-10,23H,3-6,22H2,1-2H3,(H,27,28);1-5,7,9H,(H,10,11)/t8-,9+;. The summed E-state index contributed by atoms with van der Waals surface area (Å²) in [5, 5.41) is 29.6. The highest BCUT2D eigenvalue weighted by Gasteiger charge is 2.34. The molecule has 0 amide bonds. The number of pyridine rings is 1. The number of carboxylic acids is 2. The normalized spacial score (nSPS) is 19.8. The maximum atomic E-state index is 15.6. The van der Waals surface area contributed by atoms with Crippen LogP contribution in [-0.2, 0) is 4.79 Å². The maximum absolute atomic E-state index is 15.6. The fourth-order valence-electron chi connectivity index (χ4n) is 4.91. The Hall–Kier alpha value is -4.03. The van der Waals surface area contributed by atoms with Crippen molar-refractivity contribution in [1.82, 2.24) is 9.88 Å². The van der Waals surface area contributed by atoms with E-state index < -0.39 is 51.7 Å². The summed E-state index contributed by atoms with van der Waals surface area (Å²) in [4.78, 5) is 36.0. The van der Waals surface area contributed by atoms with Gasteiger partial charge in [0.2, 0.25) is 5.43 Å². The number of nitrogens with zero attached hydrogens (tertiary/aromatic N) is 2. The minimum atomic E-state index is -1.45. The van der Waals surface area contributed by atoms with Crippen LogP contribution in [0, 0.1) is 11.6 Å². The number of aliphatic hydroxyl groups excluding tert-OH is 1. The van der Waals surface area contributed by atoms with E-state index in [4.69, 9.17) is 15.9 Å². The smallest absolute Gasteiger partial charge is 0.341 e. The van der Waals surface area contributed by atoms with Crippen LogP contribution in [-0.4, -0.2) is 57.0 Å². The number of hydrogen-bond acceptors (Lipinski definition) is 7. The molecule has 0 bridgehead atoms. The summed E-state index contributed by atoms with van der Waals surface area (Å²) >= 11 is 0. The lowest BCUT2D eigenvalue weighted by Crippen LogP contribution is -2.54. The molecule has 208 valence electrons. The SMILES string of the molecule is C[C@@H]1CN(c2c(F)c(N)c3c(=O)c(C(=O)O)cn(C4CC4)c3c2F)C[C@H](C)N1.O=C(O)C(O)c1ccccc1. The third kappa shape index (κ3) is 5.57. The van der Waals surface area contributed by atoms with Crippen molar-refractivity contribution in [3.63, 3.8) is 0 Å². The Kier molecular flexibility index (Phi) is 7.89. The molecular formula is C27H30F2N4O6. The Morgan fingerprint density at radius 2 is 1.64 bits per heavy atom. The molecule has 5 rings (SSSR count). The maximum Gasteiger partial charge on any atom is 0.341 e. The van der Waals surface area contributed by atoms with Gasteiger partial charge < -0.3 is 35.8 Å². The van der Waals surface area contributed by atoms with E-state index in [-0.39, 0.29) is 29.3 Å². The van der Waals surface area contributed by atoms with Gasteiger partial charge in [-0.2, -0.15) is 0 Å². The quantitative estimate of drug-likeness (QED) is 0.305. The van der Waals surface area contributed by atoms with E-state index in [1.807, 2.05) is 13.8 Å². The number of aliphatic carboxylic acids is 1. The number of benzene rings is 2. The van der Waals surface area contributed by atoms with Crippen LogP contribution >= 0.6 is 0 Å². The van der Waals surface area contributed by atoms with E-state index >= 15 is 8.78 Å². The first-order valence-corrected chi connectivity index (χ1v) is 12.5. The molecule has 1 saturated heterocycles. The molecule has 0 radical (unpaired) electrons. The molecule has 10 nitrogen and oxygen atoms in total. The molecule has 6 N–H and O–H groups in total. The number of carboxylic acid groups (broad SMARTS) is 2. The van der Waals surface area contributed by atoms with E-state index in [0.717, 1.165) is 19.0 Å². The largest absolute Gasteiger partial charge is 0.479 e. The Morgan fingerprint density at radius 1 is 1.05 bits per heavy atom. The molecule has 3 atom stereocenters. The fourth-order valence-corrected chi connectivity index (χ4v) is 4.91. The molecule has 1 aliphatic carbocycles. The van der Waals surface area contributed by atoms with Gasteiger partial charge in [0.1, 0.15) is 11.3 Å². The van der Waals surface area contributed by atoms with E-state index in [0.29, 0.717) is 18.7 Å². The number of hydrogen-bond donors (Lipinski definition) is 5. The first-order chi connectivity index (χ1) is 18.4. The van der Waals surface area contributed by atoms with Crippen LogP contribution in [0.3, 0.4) is 0 Å². The van der Waals surface area contributed by atoms with Crippen LogP contribution in [0.4, 0.5) is 20.2 Å². The number of rotatable bonds is 5. The van der Waals surface area contributed by atoms with Crippen LogP contribution in [0.25, 0.3) is 10.9 Å². The van der Waals surface area contributed by atoms with Gasteiger partial charge in [-0.1, -0.05) is 30.3 Å². The highest BCUT2D eigenvalue weighted by Crippen LogP contribution is 2.41. The van der Waals surface area contributed by atoms with Crippen molar-refractivity contribution >= 4 is 34.2 Å². The number of anilines is 2. The van der Waals surface area contributed by atoms with E-state index in [2.05, 4.69) is 5.32 Å². The second kappa shape index (κ2) is 11.0. The molecule has 2 aliphatic rings. The molecule has 0 spiro atoms. The molecular weight excluding hydrogens is 514 g/mol. The zero-order valence-corrected chi connectivity index (χ0v) is 21.4. The molecule has 1 aliphatic heterocycles. The molecule has 2 heterocycles. The van der Waals surface area contributed by atoms with Gasteiger partial charge in [-0.15, -0.1) is 0 Å². The summed E-state index contributed by atoms with van der Waals surface area (Å²) in [6.45, 7) is 4.60. The topological polar surface area (TPSA) is 158 Å². The Balaban J connectivity index is 0.000000270. The number of nitrogens with two attached hydrogens (primary N) is 1. The van der Waals surface area contributed by atoms with Crippen LogP contribution < -0.4 is 21.4 Å². The Labute approximate surface area is 222 Å². The van der Waals surface area contributed by atoms with Crippen LogP contribution in [0.5, 0.6) is 0 Å². The molecule has 39 heavy (non-hydrogen) atoms. The zero-order chi connectivity index (χ0) is 28.6. The van der Waals surface area contributed by atoms with E-state index in [1.165, 1.54) is 4.57 Å². The summed E-state index contributed by atoms with van der Waals surface area (Å²) in [6, 6.07) is 8.16. The lowest BCUT2D eigenvalue weighted by Gasteiger charge is -2.38. The number of halogens is 2. The zero-order valence-electron chi connectivity index (χ0n) is 21.4. The highest BCUT2D eigenvalue weighted by atomic mass is 19.1. The van der Waals surface area contributed by atoms with Gasteiger partial charge in [0.05, 0.1) is 16.6 Å². The van der Waals surface area contributed by atoms with Crippen LogP contribution in [0.2, 0.25) is 0 Å². The number of piperazine rings is 1. The van der Waals surface area contributed by atoms with Gasteiger partial charge in [0.15, 0.2) is 17.7 Å². The summed E-state index contributed by atoms with van der Waals surface area (Å²) in [5.74, 6) is -4.57. The van der Waals surface area contributed by atoms with E-state index in [9.17, 15) is 19.5 Å². The van der Waals surface area contributed by atoms with Gasteiger partial charge in [0, 0.05) is 37.4 Å². The number of aromatic nitrogens is 1. The number of fused-ring (bicyclic) bond motifs is 1. The first kappa shape index (κ1) is 28.0. The Morgan fingerprint density at radius 3 is 2.15 bits per heavy atom. The van der Waals surface area contributed by atoms with Crippen LogP contribution in [0.1, 0.15) is 54.8 Å². The van der Waals surface area contributed by atoms with Crippen molar-refractivity contribution in [3.8, 4) is 0 Å². The Bertz CT molecular complexity index is 1470. The summed E-state index contributed by atoms with van der Waals surface area (Å²) in [5.41, 5.74) is 3.94. The molecule has 3 aromatic rings. The molecule has 1 saturated carbocycles. The number of nitrogens with one attached hydrogen (secondary N) is 1. The van der Waals surface area contributed by atoms with Crippen molar-refractivity contribution in [2.75, 3.05) is 23.7 Å². The van der Waals surface area contributed by atoms with Gasteiger partial charge >= 0.3 is 11.9 Å². The predicted octanol–water partition coefficient (Wildman–Crippen LogP) is 2.89. The van der Waals surface area contributed by atoms with Crippen molar-refractivity contribution < 1.29 is 33.7 Å². The van der Waals surface area contributed by atoms with Gasteiger partial charge in [-0.25, -0.2) is 18.4 Å². The van der Waals surface area contributed by atoms with Crippen LogP contribution in [0.15, 0.2) is 41.3 Å². The lowest BCUT2D eigenvalue weighted by atomic mass is 10.0. The van der Waals surface area contributed by atoms with Gasteiger partial charge in [-0.3, -0.25) is 4.79 Å². The second-order valence-corrected chi connectivity index (χ2v) is 9.95. The summed E-state index contributed by atoms with van der Waals surface area (Å²) in [7, 11) is 0. The lowest BCUT2D eigenvalue weighted by molar-refractivity contribution is -0.146.